The molecule has 276 valence electrons. The van der Waals surface area contributed by atoms with Gasteiger partial charge in [-0.3, -0.25) is 9.36 Å². The highest BCUT2D eigenvalue weighted by Gasteiger charge is 2.17. The molecule has 0 aliphatic carbocycles. The van der Waals surface area contributed by atoms with Gasteiger partial charge in [-0.15, -0.1) is 0 Å². The minimum atomic E-state index is -4.43. The lowest BCUT2D eigenvalue weighted by Gasteiger charge is -2.25. The molecule has 2 unspecified atom stereocenters. The van der Waals surface area contributed by atoms with E-state index in [0.717, 1.165) is 30.2 Å². The largest absolute Gasteiger partial charge is 0.756 e. The standard InChI is InChI=1S/C37H76NO7P/c1-6-7-8-9-10-11-12-13-14-15-16-17-19-22-25-28-31-42-34-37(43-33-36(2)39)35-45-46(40,41)44-32-29-26-23-20-18-21-24-27-30-38(3,4)5/h37H,6-35H2,1-5H3. The van der Waals surface area contributed by atoms with Gasteiger partial charge in [0.25, 0.3) is 7.82 Å². The van der Waals surface area contributed by atoms with Crippen LogP contribution in [0.4, 0.5) is 0 Å². The summed E-state index contributed by atoms with van der Waals surface area (Å²) >= 11 is 0. The first-order chi connectivity index (χ1) is 22.1. The number of phosphoric ester groups is 1. The molecule has 0 rings (SSSR count). The van der Waals surface area contributed by atoms with Crippen molar-refractivity contribution in [2.24, 2.45) is 0 Å². The smallest absolute Gasteiger partial charge is 0.267 e. The van der Waals surface area contributed by atoms with Crippen LogP contribution in [0.15, 0.2) is 0 Å². The van der Waals surface area contributed by atoms with Crippen LogP contribution < -0.4 is 4.89 Å². The summed E-state index contributed by atoms with van der Waals surface area (Å²) in [6, 6.07) is 0. The second-order valence-electron chi connectivity index (χ2n) is 14.4. The predicted molar refractivity (Wildman–Crippen MR) is 190 cm³/mol. The highest BCUT2D eigenvalue weighted by molar-refractivity contribution is 7.45. The molecule has 8 nitrogen and oxygen atoms in total. The zero-order valence-corrected chi connectivity index (χ0v) is 31.9. The van der Waals surface area contributed by atoms with Crippen molar-refractivity contribution in [1.82, 2.24) is 0 Å². The van der Waals surface area contributed by atoms with Crippen LogP contribution >= 0.6 is 7.82 Å². The number of ketones is 1. The van der Waals surface area contributed by atoms with Crippen LogP contribution in [0.1, 0.15) is 168 Å². The molecule has 0 saturated carbocycles. The van der Waals surface area contributed by atoms with Gasteiger partial charge in [-0.2, -0.15) is 0 Å². The van der Waals surface area contributed by atoms with Crippen LogP contribution in [0.2, 0.25) is 0 Å². The van der Waals surface area contributed by atoms with Gasteiger partial charge in [0.2, 0.25) is 0 Å². The van der Waals surface area contributed by atoms with Gasteiger partial charge in [-0.25, -0.2) is 0 Å². The molecule has 0 fully saturated rings. The summed E-state index contributed by atoms with van der Waals surface area (Å²) in [4.78, 5) is 23.6. The summed E-state index contributed by atoms with van der Waals surface area (Å²) in [5.41, 5.74) is 0. The van der Waals surface area contributed by atoms with Crippen LogP contribution in [-0.2, 0) is 27.9 Å². The number of nitrogens with zero attached hydrogens (tertiary/aromatic N) is 1. The van der Waals surface area contributed by atoms with Crippen LogP contribution in [0.25, 0.3) is 0 Å². The lowest BCUT2D eigenvalue weighted by atomic mass is 10.0. The third kappa shape index (κ3) is 36.5. The third-order valence-corrected chi connectivity index (χ3v) is 9.32. The average molecular weight is 678 g/mol. The lowest BCUT2D eigenvalue weighted by Crippen LogP contribution is -2.35. The number of carbonyl (C=O) groups is 1. The van der Waals surface area contributed by atoms with Gasteiger partial charge in [-0.1, -0.05) is 135 Å². The van der Waals surface area contributed by atoms with E-state index in [1.807, 2.05) is 0 Å². The van der Waals surface area contributed by atoms with Crippen LogP contribution in [0.5, 0.6) is 0 Å². The van der Waals surface area contributed by atoms with Gasteiger partial charge in [0.1, 0.15) is 12.7 Å². The Morgan fingerprint density at radius 2 is 1.02 bits per heavy atom. The molecule has 0 N–H and O–H groups in total. The van der Waals surface area contributed by atoms with Crippen LogP contribution in [-0.4, -0.2) is 77.1 Å². The monoisotopic (exact) mass is 678 g/mol. The lowest BCUT2D eigenvalue weighted by molar-refractivity contribution is -0.870. The predicted octanol–water partition coefficient (Wildman–Crippen LogP) is 9.57. The number of carbonyl (C=O) groups excluding carboxylic acids is 1. The normalized spacial score (nSPS) is 14.0. The van der Waals surface area contributed by atoms with Crippen molar-refractivity contribution in [3.63, 3.8) is 0 Å². The van der Waals surface area contributed by atoms with Gasteiger partial charge in [0, 0.05) is 6.61 Å². The highest BCUT2D eigenvalue weighted by atomic mass is 31.2. The molecule has 0 heterocycles. The Kier molecular flexibility index (Phi) is 31.7. The Morgan fingerprint density at radius 3 is 1.46 bits per heavy atom. The minimum absolute atomic E-state index is 0.101. The summed E-state index contributed by atoms with van der Waals surface area (Å²) in [7, 11) is 2.25. The molecule has 0 aromatic heterocycles. The Hall–Kier alpha value is -0.340. The molecule has 2 atom stereocenters. The van der Waals surface area contributed by atoms with E-state index in [1.54, 1.807) is 0 Å². The zero-order valence-electron chi connectivity index (χ0n) is 31.0. The molecule has 0 saturated heterocycles. The second-order valence-corrected chi connectivity index (χ2v) is 15.8. The van der Waals surface area contributed by atoms with E-state index in [2.05, 4.69) is 28.1 Å². The molecule has 0 aliphatic heterocycles. The van der Waals surface area contributed by atoms with E-state index in [-0.39, 0.29) is 32.2 Å². The fraction of sp³-hybridized carbons (Fsp3) is 0.973. The molecule has 0 radical (unpaired) electrons. The van der Waals surface area contributed by atoms with E-state index in [1.165, 1.54) is 135 Å². The topological polar surface area (TPSA) is 94.1 Å². The highest BCUT2D eigenvalue weighted by Crippen LogP contribution is 2.38. The van der Waals surface area contributed by atoms with Gasteiger partial charge in [-0.05, 0) is 32.6 Å². The van der Waals surface area contributed by atoms with Crippen molar-refractivity contribution in [1.29, 1.82) is 0 Å². The van der Waals surface area contributed by atoms with E-state index in [0.29, 0.717) is 13.0 Å². The SMILES string of the molecule is CCCCCCCCCCCCCCCCCCOCC(COP(=O)([O-])OCCCCCCCCCC[N+](C)(C)C)OCC(C)=O. The fourth-order valence-corrected chi connectivity index (χ4v) is 6.26. The van der Waals surface area contributed by atoms with Crippen LogP contribution in [0, 0.1) is 0 Å². The first kappa shape index (κ1) is 45.7. The average Bonchev–Trinajstić information content (AvgIpc) is 2.99. The maximum absolute atomic E-state index is 12.2. The van der Waals surface area contributed by atoms with E-state index >= 15 is 0 Å². The molecule has 0 amide bonds. The summed E-state index contributed by atoms with van der Waals surface area (Å²) in [5.74, 6) is -0.131. The maximum atomic E-state index is 12.2. The van der Waals surface area contributed by atoms with Crippen LogP contribution in [0.3, 0.4) is 0 Å². The molecular formula is C37H76NO7P. The van der Waals surface area contributed by atoms with Crippen molar-refractivity contribution in [2.75, 3.05) is 60.7 Å². The van der Waals surface area contributed by atoms with Gasteiger partial charge >= 0.3 is 0 Å². The molecule has 46 heavy (non-hydrogen) atoms. The van der Waals surface area contributed by atoms with E-state index in [9.17, 15) is 14.3 Å². The number of unbranched alkanes of at least 4 members (excludes halogenated alkanes) is 22. The number of ether oxygens (including phenoxy) is 2. The van der Waals surface area contributed by atoms with Crippen molar-refractivity contribution in [2.45, 2.75) is 174 Å². The van der Waals surface area contributed by atoms with Crippen molar-refractivity contribution >= 4 is 13.6 Å². The molecular weight excluding hydrogens is 601 g/mol. The molecule has 0 aliphatic rings. The summed E-state index contributed by atoms with van der Waals surface area (Å²) < 4.78 is 34.7. The summed E-state index contributed by atoms with van der Waals surface area (Å²) in [6.45, 7) is 5.49. The maximum Gasteiger partial charge on any atom is 0.267 e. The van der Waals surface area contributed by atoms with Gasteiger partial charge in [0.15, 0.2) is 5.78 Å². The Labute approximate surface area is 285 Å². The fourth-order valence-electron chi connectivity index (χ4n) is 5.48. The number of rotatable bonds is 37. The van der Waals surface area contributed by atoms with Gasteiger partial charge in [0.05, 0.1) is 47.5 Å². The number of Topliss-reactive ketones (excluding diaryl/α,β-unsaturated/α-hetero) is 1. The molecule has 9 heteroatoms. The first-order valence-corrected chi connectivity index (χ1v) is 20.6. The zero-order chi connectivity index (χ0) is 34.2. The summed E-state index contributed by atoms with van der Waals surface area (Å²) in [6.07, 6.45) is 29.4. The number of hydrogen-bond acceptors (Lipinski definition) is 7. The van der Waals surface area contributed by atoms with Crippen molar-refractivity contribution < 1.29 is 37.3 Å². The number of hydrogen-bond donors (Lipinski definition) is 0. The molecule has 0 spiro atoms. The summed E-state index contributed by atoms with van der Waals surface area (Å²) in [5, 5.41) is 0. The Balaban J connectivity index is 3.81. The van der Waals surface area contributed by atoms with Crippen molar-refractivity contribution in [3.8, 4) is 0 Å². The quantitative estimate of drug-likeness (QED) is 0.0367. The van der Waals surface area contributed by atoms with Crippen molar-refractivity contribution in [3.05, 3.63) is 0 Å². The number of phosphoric acid groups is 1. The molecule has 0 bridgehead atoms. The number of quaternary nitrogens is 1. The van der Waals surface area contributed by atoms with E-state index in [4.69, 9.17) is 18.5 Å². The second kappa shape index (κ2) is 31.9. The van der Waals surface area contributed by atoms with Gasteiger partial charge < -0.3 is 27.9 Å². The van der Waals surface area contributed by atoms with E-state index < -0.39 is 13.9 Å². The Bertz CT molecular complexity index is 716. The molecule has 0 aromatic rings. The third-order valence-electron chi connectivity index (χ3n) is 8.36. The Morgan fingerprint density at radius 1 is 0.609 bits per heavy atom. The molecule has 0 aromatic carbocycles. The minimum Gasteiger partial charge on any atom is -0.756 e. The first-order valence-electron chi connectivity index (χ1n) is 19.1.